The molecule has 6 nitrogen and oxygen atoms in total. The van der Waals surface area contributed by atoms with Gasteiger partial charge in [-0.25, -0.2) is 0 Å². The van der Waals surface area contributed by atoms with Gasteiger partial charge in [0.1, 0.15) is 0 Å². The second kappa shape index (κ2) is 9.65. The number of aromatic nitrogens is 1. The van der Waals surface area contributed by atoms with Crippen molar-refractivity contribution in [1.82, 2.24) is 14.8 Å². The topological polar surface area (TPSA) is 62.7 Å². The standard InChI is InChI=1S/C23H29N3O3/c1-4-25(16-18-9-11-24-12-10-18)23(28)20-15-21(27)26(13-14-29-3)22(20)19-8-6-5-7-17(19)2/h5-12,20,22H,4,13-16H2,1-3H3/t20-,22+/m1/s1. The Bertz CT molecular complexity index is 840. The van der Waals surface area contributed by atoms with Gasteiger partial charge in [0.25, 0.3) is 0 Å². The number of nitrogens with zero attached hydrogens (tertiary/aromatic N) is 3. The molecule has 154 valence electrons. The first-order valence-corrected chi connectivity index (χ1v) is 10.1. The van der Waals surface area contributed by atoms with Crippen molar-refractivity contribution in [2.75, 3.05) is 26.8 Å². The normalized spacial score (nSPS) is 18.9. The van der Waals surface area contributed by atoms with Crippen molar-refractivity contribution < 1.29 is 14.3 Å². The predicted molar refractivity (Wildman–Crippen MR) is 111 cm³/mol. The van der Waals surface area contributed by atoms with Crippen LogP contribution in [0.2, 0.25) is 0 Å². The van der Waals surface area contributed by atoms with E-state index >= 15 is 0 Å². The van der Waals surface area contributed by atoms with Gasteiger partial charge in [-0.2, -0.15) is 0 Å². The SMILES string of the molecule is CCN(Cc1ccncc1)C(=O)[C@@H]1CC(=O)N(CCOC)[C@H]1c1ccccc1C. The highest BCUT2D eigenvalue weighted by Crippen LogP contribution is 2.40. The molecule has 0 radical (unpaired) electrons. The lowest BCUT2D eigenvalue weighted by atomic mass is 9.89. The minimum atomic E-state index is -0.401. The summed E-state index contributed by atoms with van der Waals surface area (Å²) in [5, 5.41) is 0. The van der Waals surface area contributed by atoms with Crippen LogP contribution in [-0.2, 0) is 20.9 Å². The molecule has 1 aromatic carbocycles. The summed E-state index contributed by atoms with van der Waals surface area (Å²) in [4.78, 5) is 34.1. The molecule has 2 aromatic rings. The van der Waals surface area contributed by atoms with Gasteiger partial charge in [-0.1, -0.05) is 24.3 Å². The summed E-state index contributed by atoms with van der Waals surface area (Å²) in [5.74, 6) is -0.373. The molecule has 1 aromatic heterocycles. The van der Waals surface area contributed by atoms with Crippen molar-refractivity contribution in [3.63, 3.8) is 0 Å². The fraction of sp³-hybridized carbons (Fsp3) is 0.435. The van der Waals surface area contributed by atoms with Crippen molar-refractivity contribution in [3.8, 4) is 0 Å². The highest BCUT2D eigenvalue weighted by molar-refractivity contribution is 5.90. The van der Waals surface area contributed by atoms with E-state index in [0.29, 0.717) is 26.2 Å². The van der Waals surface area contributed by atoms with E-state index < -0.39 is 5.92 Å². The van der Waals surface area contributed by atoms with Gasteiger partial charge in [0, 0.05) is 45.6 Å². The fourth-order valence-electron chi connectivity index (χ4n) is 4.06. The first-order chi connectivity index (χ1) is 14.1. The number of carbonyl (C=O) groups is 2. The molecule has 0 aliphatic carbocycles. The Balaban J connectivity index is 1.91. The molecule has 2 atom stereocenters. The Kier molecular flexibility index (Phi) is 6.99. The maximum absolute atomic E-state index is 13.5. The summed E-state index contributed by atoms with van der Waals surface area (Å²) < 4.78 is 5.21. The molecular weight excluding hydrogens is 366 g/mol. The third-order valence-electron chi connectivity index (χ3n) is 5.61. The van der Waals surface area contributed by atoms with Gasteiger partial charge in [-0.3, -0.25) is 14.6 Å². The van der Waals surface area contributed by atoms with Crippen LogP contribution < -0.4 is 0 Å². The molecule has 2 heterocycles. The second-order valence-corrected chi connectivity index (χ2v) is 7.40. The second-order valence-electron chi connectivity index (χ2n) is 7.40. The lowest BCUT2D eigenvalue weighted by molar-refractivity contribution is -0.137. The summed E-state index contributed by atoms with van der Waals surface area (Å²) in [6.07, 6.45) is 3.69. The predicted octanol–water partition coefficient (Wildman–Crippen LogP) is 2.97. The van der Waals surface area contributed by atoms with Crippen LogP contribution in [0, 0.1) is 12.8 Å². The molecule has 1 fully saturated rings. The Labute approximate surface area is 172 Å². The molecule has 0 saturated carbocycles. The molecule has 0 unspecified atom stereocenters. The van der Waals surface area contributed by atoms with Crippen molar-refractivity contribution in [2.24, 2.45) is 5.92 Å². The van der Waals surface area contributed by atoms with E-state index in [-0.39, 0.29) is 24.3 Å². The maximum atomic E-state index is 13.5. The number of amides is 2. The van der Waals surface area contributed by atoms with E-state index in [4.69, 9.17) is 4.74 Å². The summed E-state index contributed by atoms with van der Waals surface area (Å²) >= 11 is 0. The highest BCUT2D eigenvalue weighted by atomic mass is 16.5. The minimum Gasteiger partial charge on any atom is -0.383 e. The number of ether oxygens (including phenoxy) is 1. The highest BCUT2D eigenvalue weighted by Gasteiger charge is 2.45. The van der Waals surface area contributed by atoms with Crippen molar-refractivity contribution in [2.45, 2.75) is 32.9 Å². The molecule has 3 rings (SSSR count). The summed E-state index contributed by atoms with van der Waals surface area (Å²) in [5.41, 5.74) is 3.15. The summed E-state index contributed by atoms with van der Waals surface area (Å²) in [7, 11) is 1.62. The van der Waals surface area contributed by atoms with Crippen LogP contribution in [0.5, 0.6) is 0 Å². The molecule has 0 spiro atoms. The average molecular weight is 396 g/mol. The smallest absolute Gasteiger partial charge is 0.228 e. The number of aryl methyl sites for hydroxylation is 1. The van der Waals surface area contributed by atoms with Gasteiger partial charge >= 0.3 is 0 Å². The third-order valence-corrected chi connectivity index (χ3v) is 5.61. The van der Waals surface area contributed by atoms with Crippen LogP contribution in [0.3, 0.4) is 0 Å². The summed E-state index contributed by atoms with van der Waals surface area (Å²) in [6.45, 7) is 6.04. The van der Waals surface area contributed by atoms with Crippen LogP contribution >= 0.6 is 0 Å². The van der Waals surface area contributed by atoms with E-state index in [9.17, 15) is 9.59 Å². The number of methoxy groups -OCH3 is 1. The number of rotatable bonds is 8. The van der Waals surface area contributed by atoms with Crippen molar-refractivity contribution in [3.05, 3.63) is 65.5 Å². The average Bonchev–Trinajstić information content (AvgIpc) is 3.07. The number of benzene rings is 1. The number of carbonyl (C=O) groups excluding carboxylic acids is 2. The van der Waals surface area contributed by atoms with Crippen molar-refractivity contribution >= 4 is 11.8 Å². The molecule has 1 saturated heterocycles. The molecule has 29 heavy (non-hydrogen) atoms. The number of pyridine rings is 1. The molecule has 0 N–H and O–H groups in total. The number of likely N-dealkylation sites (tertiary alicyclic amines) is 1. The van der Waals surface area contributed by atoms with Crippen LogP contribution in [0.4, 0.5) is 0 Å². The van der Waals surface area contributed by atoms with Crippen LogP contribution in [0.25, 0.3) is 0 Å². The van der Waals surface area contributed by atoms with Gasteiger partial charge in [0.05, 0.1) is 18.6 Å². The molecule has 6 heteroatoms. The van der Waals surface area contributed by atoms with E-state index in [0.717, 1.165) is 16.7 Å². The van der Waals surface area contributed by atoms with Crippen molar-refractivity contribution in [1.29, 1.82) is 0 Å². The lowest BCUT2D eigenvalue weighted by Gasteiger charge is -2.32. The Morgan fingerprint density at radius 3 is 2.62 bits per heavy atom. The Hall–Kier alpha value is -2.73. The van der Waals surface area contributed by atoms with Gasteiger partial charge < -0.3 is 14.5 Å². The van der Waals surface area contributed by atoms with Gasteiger partial charge in [-0.15, -0.1) is 0 Å². The van der Waals surface area contributed by atoms with E-state index in [2.05, 4.69) is 4.98 Å². The third kappa shape index (κ3) is 4.65. The Morgan fingerprint density at radius 1 is 1.24 bits per heavy atom. The van der Waals surface area contributed by atoms with Crippen LogP contribution in [-0.4, -0.2) is 53.4 Å². The zero-order valence-corrected chi connectivity index (χ0v) is 17.4. The monoisotopic (exact) mass is 395 g/mol. The molecular formula is C23H29N3O3. The summed E-state index contributed by atoms with van der Waals surface area (Å²) in [6, 6.07) is 11.6. The number of hydrogen-bond acceptors (Lipinski definition) is 4. The van der Waals surface area contributed by atoms with E-state index in [1.54, 1.807) is 19.5 Å². The number of hydrogen-bond donors (Lipinski definition) is 0. The maximum Gasteiger partial charge on any atom is 0.228 e. The van der Waals surface area contributed by atoms with Gasteiger partial charge in [-0.05, 0) is 42.7 Å². The van der Waals surface area contributed by atoms with Crippen LogP contribution in [0.15, 0.2) is 48.8 Å². The Morgan fingerprint density at radius 2 is 1.97 bits per heavy atom. The zero-order valence-electron chi connectivity index (χ0n) is 17.4. The van der Waals surface area contributed by atoms with Gasteiger partial charge in [0.15, 0.2) is 0 Å². The zero-order chi connectivity index (χ0) is 20.8. The molecule has 2 amide bonds. The van der Waals surface area contributed by atoms with Crippen LogP contribution in [0.1, 0.15) is 36.1 Å². The first kappa shape index (κ1) is 21.0. The largest absolute Gasteiger partial charge is 0.383 e. The molecule has 1 aliphatic heterocycles. The molecule has 0 bridgehead atoms. The first-order valence-electron chi connectivity index (χ1n) is 10.1. The fourth-order valence-corrected chi connectivity index (χ4v) is 4.06. The minimum absolute atomic E-state index is 0.00798. The molecule has 1 aliphatic rings. The quantitative estimate of drug-likeness (QED) is 0.689. The lowest BCUT2D eigenvalue weighted by Crippen LogP contribution is -2.39. The van der Waals surface area contributed by atoms with E-state index in [1.807, 2.05) is 60.0 Å². The van der Waals surface area contributed by atoms with Gasteiger partial charge in [0.2, 0.25) is 11.8 Å². The van der Waals surface area contributed by atoms with E-state index in [1.165, 1.54) is 0 Å².